The van der Waals surface area contributed by atoms with Gasteiger partial charge < -0.3 is 15.4 Å². The van der Waals surface area contributed by atoms with E-state index in [0.717, 1.165) is 54.4 Å². The van der Waals surface area contributed by atoms with Gasteiger partial charge in [-0.05, 0) is 68.1 Å². The minimum atomic E-state index is -3.31. The summed E-state index contributed by atoms with van der Waals surface area (Å²) in [5.74, 6) is 0.880. The topological polar surface area (TPSA) is 96.5 Å². The first-order valence-electron chi connectivity index (χ1n) is 10.5. The number of rotatable bonds is 8. The summed E-state index contributed by atoms with van der Waals surface area (Å²) in [5, 5.41) is 6.36. The van der Waals surface area contributed by atoms with Gasteiger partial charge in [-0.3, -0.25) is 9.52 Å². The third kappa shape index (κ3) is 6.45. The van der Waals surface area contributed by atoms with Crippen molar-refractivity contribution < 1.29 is 17.9 Å². The molecular weight excluding hydrogens is 414 g/mol. The first-order chi connectivity index (χ1) is 14.8. The van der Waals surface area contributed by atoms with Gasteiger partial charge in [0.05, 0.1) is 13.4 Å². The normalized spacial score (nSPS) is 18.9. The van der Waals surface area contributed by atoms with Crippen LogP contribution in [0.3, 0.4) is 0 Å². The fourth-order valence-electron chi connectivity index (χ4n) is 4.01. The molecule has 1 amide bonds. The Bertz CT molecular complexity index is 998. The molecule has 3 rings (SSSR count). The van der Waals surface area contributed by atoms with E-state index in [1.54, 1.807) is 19.2 Å². The largest absolute Gasteiger partial charge is 0.496 e. The molecule has 0 aromatic heterocycles. The van der Waals surface area contributed by atoms with E-state index in [-0.39, 0.29) is 11.8 Å². The molecule has 168 valence electrons. The van der Waals surface area contributed by atoms with Crippen molar-refractivity contribution in [3.8, 4) is 16.9 Å². The summed E-state index contributed by atoms with van der Waals surface area (Å²) in [5.41, 5.74) is 3.32. The Hall–Kier alpha value is -2.58. The number of hydrogen-bond acceptors (Lipinski definition) is 5. The predicted molar refractivity (Wildman–Crippen MR) is 124 cm³/mol. The van der Waals surface area contributed by atoms with E-state index in [4.69, 9.17) is 4.74 Å². The van der Waals surface area contributed by atoms with E-state index in [9.17, 15) is 13.2 Å². The Balaban J connectivity index is 1.68. The van der Waals surface area contributed by atoms with Gasteiger partial charge in [-0.1, -0.05) is 18.2 Å². The van der Waals surface area contributed by atoms with Crippen LogP contribution in [0, 0.1) is 5.92 Å². The molecule has 7 nitrogen and oxygen atoms in total. The molecule has 2 aromatic rings. The van der Waals surface area contributed by atoms with Gasteiger partial charge in [0.1, 0.15) is 5.75 Å². The lowest BCUT2D eigenvalue weighted by atomic mass is 9.85. The SMILES string of the molecule is CNC1CCC(C(=O)NCc2cc(-c3ccc(NS(C)(=O)=O)cc3)ccc2OC)CC1. The summed E-state index contributed by atoms with van der Waals surface area (Å²) in [6.45, 7) is 0.398. The molecule has 0 heterocycles. The molecule has 2 aromatic carbocycles. The molecule has 31 heavy (non-hydrogen) atoms. The number of methoxy groups -OCH3 is 1. The maximum absolute atomic E-state index is 12.6. The molecule has 1 fully saturated rings. The molecule has 3 N–H and O–H groups in total. The molecule has 1 aliphatic rings. The maximum atomic E-state index is 12.6. The number of ether oxygens (including phenoxy) is 1. The van der Waals surface area contributed by atoms with E-state index < -0.39 is 10.0 Å². The van der Waals surface area contributed by atoms with Crippen molar-refractivity contribution in [3.63, 3.8) is 0 Å². The number of benzene rings is 2. The Kier molecular flexibility index (Phi) is 7.56. The number of hydrogen-bond donors (Lipinski definition) is 3. The lowest BCUT2D eigenvalue weighted by Crippen LogP contribution is -2.37. The van der Waals surface area contributed by atoms with Gasteiger partial charge in [-0.15, -0.1) is 0 Å². The van der Waals surface area contributed by atoms with Crippen LogP contribution < -0.4 is 20.1 Å². The summed E-state index contributed by atoms with van der Waals surface area (Å²) in [6, 6.07) is 13.5. The average molecular weight is 446 g/mol. The monoisotopic (exact) mass is 445 g/mol. The minimum Gasteiger partial charge on any atom is -0.496 e. The van der Waals surface area contributed by atoms with Crippen molar-refractivity contribution in [1.29, 1.82) is 0 Å². The Morgan fingerprint density at radius 2 is 1.68 bits per heavy atom. The van der Waals surface area contributed by atoms with Crippen LogP contribution in [0.15, 0.2) is 42.5 Å². The zero-order valence-electron chi connectivity index (χ0n) is 18.3. The molecule has 1 aliphatic carbocycles. The molecular formula is C23H31N3O4S. The standard InChI is InChI=1S/C23H31N3O4S/c1-24-20-9-6-17(7-10-20)23(27)25-15-19-14-18(8-13-22(19)30-2)16-4-11-21(12-5-16)26-31(3,28)29/h4-5,8,11-14,17,20,24,26H,6-7,9-10,15H2,1-3H3,(H,25,27). The highest BCUT2D eigenvalue weighted by Crippen LogP contribution is 2.29. The van der Waals surface area contributed by atoms with Gasteiger partial charge in [0, 0.05) is 29.8 Å². The summed E-state index contributed by atoms with van der Waals surface area (Å²) in [4.78, 5) is 12.6. The average Bonchev–Trinajstić information content (AvgIpc) is 2.76. The fourth-order valence-corrected chi connectivity index (χ4v) is 4.58. The lowest BCUT2D eigenvalue weighted by molar-refractivity contribution is -0.126. The van der Waals surface area contributed by atoms with Crippen LogP contribution in [0.2, 0.25) is 0 Å². The zero-order valence-corrected chi connectivity index (χ0v) is 19.1. The molecule has 0 spiro atoms. The highest BCUT2D eigenvalue weighted by Gasteiger charge is 2.25. The van der Waals surface area contributed by atoms with Gasteiger partial charge in [-0.2, -0.15) is 0 Å². The molecule has 0 radical (unpaired) electrons. The van der Waals surface area contributed by atoms with Crippen LogP contribution in [-0.2, 0) is 21.4 Å². The number of amides is 1. The van der Waals surface area contributed by atoms with Gasteiger partial charge in [0.2, 0.25) is 15.9 Å². The van der Waals surface area contributed by atoms with Crippen LogP contribution in [0.25, 0.3) is 11.1 Å². The predicted octanol–water partition coefficient (Wildman–Crippen LogP) is 3.13. The highest BCUT2D eigenvalue weighted by molar-refractivity contribution is 7.92. The second kappa shape index (κ2) is 10.2. The van der Waals surface area contributed by atoms with Crippen molar-refractivity contribution in [2.24, 2.45) is 5.92 Å². The second-order valence-electron chi connectivity index (χ2n) is 8.03. The summed E-state index contributed by atoms with van der Waals surface area (Å²) in [6.07, 6.45) is 4.98. The molecule has 0 aliphatic heterocycles. The number of anilines is 1. The highest BCUT2D eigenvalue weighted by atomic mass is 32.2. The minimum absolute atomic E-state index is 0.0636. The van der Waals surface area contributed by atoms with Crippen molar-refractivity contribution in [1.82, 2.24) is 10.6 Å². The van der Waals surface area contributed by atoms with Crippen molar-refractivity contribution >= 4 is 21.6 Å². The molecule has 0 saturated heterocycles. The van der Waals surface area contributed by atoms with Gasteiger partial charge in [0.15, 0.2) is 0 Å². The van der Waals surface area contributed by atoms with E-state index in [2.05, 4.69) is 15.4 Å². The van der Waals surface area contributed by atoms with Crippen molar-refractivity contribution in [3.05, 3.63) is 48.0 Å². The fraction of sp³-hybridized carbons (Fsp3) is 0.435. The lowest BCUT2D eigenvalue weighted by Gasteiger charge is -2.27. The first-order valence-corrected chi connectivity index (χ1v) is 12.4. The quantitative estimate of drug-likeness (QED) is 0.580. The third-order valence-electron chi connectivity index (χ3n) is 5.76. The van der Waals surface area contributed by atoms with E-state index in [0.29, 0.717) is 18.3 Å². The Morgan fingerprint density at radius 3 is 2.26 bits per heavy atom. The van der Waals surface area contributed by atoms with Gasteiger partial charge >= 0.3 is 0 Å². The Labute approximate surface area is 184 Å². The van der Waals surface area contributed by atoms with Gasteiger partial charge in [-0.25, -0.2) is 8.42 Å². The molecule has 8 heteroatoms. The number of nitrogens with one attached hydrogen (secondary N) is 3. The maximum Gasteiger partial charge on any atom is 0.229 e. The molecule has 1 saturated carbocycles. The second-order valence-corrected chi connectivity index (χ2v) is 9.78. The van der Waals surface area contributed by atoms with Crippen LogP contribution in [0.5, 0.6) is 5.75 Å². The summed E-state index contributed by atoms with van der Waals surface area (Å²) < 4.78 is 30.7. The summed E-state index contributed by atoms with van der Waals surface area (Å²) >= 11 is 0. The van der Waals surface area contributed by atoms with Crippen molar-refractivity contribution in [2.45, 2.75) is 38.3 Å². The first kappa shape index (κ1) is 23.1. The smallest absolute Gasteiger partial charge is 0.229 e. The Morgan fingerprint density at radius 1 is 1.03 bits per heavy atom. The zero-order chi connectivity index (χ0) is 22.4. The third-order valence-corrected chi connectivity index (χ3v) is 6.37. The molecule has 0 atom stereocenters. The van der Waals surface area contributed by atoms with Crippen LogP contribution in [0.4, 0.5) is 5.69 Å². The van der Waals surface area contributed by atoms with E-state index in [1.807, 2.05) is 37.4 Å². The molecule has 0 unspecified atom stereocenters. The number of sulfonamides is 1. The van der Waals surface area contributed by atoms with E-state index in [1.165, 1.54) is 0 Å². The van der Waals surface area contributed by atoms with Crippen molar-refractivity contribution in [2.75, 3.05) is 25.1 Å². The number of carbonyl (C=O) groups excluding carboxylic acids is 1. The summed E-state index contributed by atoms with van der Waals surface area (Å²) in [7, 11) is 0.278. The van der Waals surface area contributed by atoms with Gasteiger partial charge in [0.25, 0.3) is 0 Å². The van der Waals surface area contributed by atoms with Crippen LogP contribution in [-0.4, -0.2) is 40.8 Å². The molecule has 0 bridgehead atoms. The van der Waals surface area contributed by atoms with Crippen LogP contribution in [0.1, 0.15) is 31.2 Å². The van der Waals surface area contributed by atoms with Crippen LogP contribution >= 0.6 is 0 Å². The number of carbonyl (C=O) groups is 1. The van der Waals surface area contributed by atoms with E-state index >= 15 is 0 Å².